The van der Waals surface area contributed by atoms with E-state index in [1.165, 1.54) is 48.8 Å². The number of benzene rings is 7. The van der Waals surface area contributed by atoms with Gasteiger partial charge in [-0.25, -0.2) is 0 Å². The van der Waals surface area contributed by atoms with Crippen molar-refractivity contribution in [1.29, 1.82) is 0 Å². The van der Waals surface area contributed by atoms with Crippen LogP contribution in [0.4, 0.5) is 17.1 Å². The molecule has 0 bridgehead atoms. The zero-order chi connectivity index (χ0) is 23.2. The van der Waals surface area contributed by atoms with E-state index in [9.17, 15) is 0 Å². The summed E-state index contributed by atoms with van der Waals surface area (Å²) in [6.07, 6.45) is 0. The van der Waals surface area contributed by atoms with Gasteiger partial charge in [0.25, 0.3) is 0 Å². The van der Waals surface area contributed by atoms with Crippen molar-refractivity contribution in [3.05, 3.63) is 140 Å². The van der Waals surface area contributed by atoms with Gasteiger partial charge in [-0.1, -0.05) is 97.1 Å². The van der Waals surface area contributed by atoms with E-state index >= 15 is 0 Å². The van der Waals surface area contributed by atoms with Crippen molar-refractivity contribution in [3.8, 4) is 0 Å². The number of para-hydroxylation sites is 1. The summed E-state index contributed by atoms with van der Waals surface area (Å²) in [6, 6.07) is 50.4. The van der Waals surface area contributed by atoms with Crippen molar-refractivity contribution in [1.82, 2.24) is 0 Å². The predicted molar refractivity (Wildman–Crippen MR) is 151 cm³/mol. The molecule has 35 heavy (non-hydrogen) atoms. The van der Waals surface area contributed by atoms with Crippen LogP contribution >= 0.6 is 0 Å². The Hall–Kier alpha value is -4.62. The van der Waals surface area contributed by atoms with Gasteiger partial charge in [-0.3, -0.25) is 0 Å². The minimum absolute atomic E-state index is 1.15. The number of hydrogen-bond donors (Lipinski definition) is 0. The van der Waals surface area contributed by atoms with Crippen molar-refractivity contribution in [3.63, 3.8) is 0 Å². The highest BCUT2D eigenvalue weighted by Crippen LogP contribution is 2.43. The molecule has 0 fully saturated rings. The van der Waals surface area contributed by atoms with Crippen LogP contribution in [-0.4, -0.2) is 0 Å². The van der Waals surface area contributed by atoms with Crippen LogP contribution in [0.25, 0.3) is 43.1 Å². The largest absolute Gasteiger partial charge is 0.310 e. The Kier molecular flexibility index (Phi) is 4.53. The molecule has 0 radical (unpaired) electrons. The number of fused-ring (bicyclic) bond motifs is 5. The molecule has 0 saturated carbocycles. The fourth-order valence-corrected chi connectivity index (χ4v) is 5.27. The van der Waals surface area contributed by atoms with Gasteiger partial charge in [-0.05, 0) is 80.2 Å². The molecule has 0 aliphatic heterocycles. The molecule has 0 spiro atoms. The lowest BCUT2D eigenvalue weighted by molar-refractivity contribution is 1.31. The first-order valence-corrected chi connectivity index (χ1v) is 12.0. The van der Waals surface area contributed by atoms with Gasteiger partial charge in [0.2, 0.25) is 0 Å². The highest BCUT2D eigenvalue weighted by molar-refractivity contribution is 6.18. The van der Waals surface area contributed by atoms with E-state index < -0.39 is 0 Å². The summed E-state index contributed by atoms with van der Waals surface area (Å²) in [5, 5.41) is 10.1. The van der Waals surface area contributed by atoms with Crippen LogP contribution < -0.4 is 4.90 Å². The first kappa shape index (κ1) is 19.8. The molecule has 1 nitrogen and oxygen atoms in total. The maximum atomic E-state index is 2.40. The molecule has 0 N–H and O–H groups in total. The summed E-state index contributed by atoms with van der Waals surface area (Å²) >= 11 is 0. The summed E-state index contributed by atoms with van der Waals surface area (Å²) in [5.74, 6) is 0. The molecule has 7 rings (SSSR count). The zero-order valence-electron chi connectivity index (χ0n) is 19.2. The van der Waals surface area contributed by atoms with Crippen LogP contribution in [0.2, 0.25) is 0 Å². The number of nitrogens with zero attached hydrogens (tertiary/aromatic N) is 1. The molecule has 0 unspecified atom stereocenters. The highest BCUT2D eigenvalue weighted by Gasteiger charge is 2.18. The Balaban J connectivity index is 1.60. The van der Waals surface area contributed by atoms with E-state index in [1.807, 2.05) is 0 Å². The average molecular weight is 446 g/mol. The Morgan fingerprint density at radius 1 is 0.314 bits per heavy atom. The quantitative estimate of drug-likeness (QED) is 0.193. The summed E-state index contributed by atoms with van der Waals surface area (Å²) in [7, 11) is 0. The van der Waals surface area contributed by atoms with Crippen molar-refractivity contribution in [2.24, 2.45) is 0 Å². The number of anilines is 3. The maximum Gasteiger partial charge on any atom is 0.0546 e. The minimum atomic E-state index is 1.15. The molecule has 0 atom stereocenters. The van der Waals surface area contributed by atoms with Gasteiger partial charge >= 0.3 is 0 Å². The Morgan fingerprint density at radius 3 is 1.63 bits per heavy atom. The molecule has 0 heterocycles. The van der Waals surface area contributed by atoms with Crippen molar-refractivity contribution >= 4 is 60.2 Å². The van der Waals surface area contributed by atoms with Gasteiger partial charge < -0.3 is 4.90 Å². The Labute approximate surface area is 204 Å². The molecule has 0 amide bonds. The topological polar surface area (TPSA) is 3.24 Å². The maximum absolute atomic E-state index is 2.40. The monoisotopic (exact) mass is 445 g/mol. The fraction of sp³-hybridized carbons (Fsp3) is 0. The van der Waals surface area contributed by atoms with Crippen LogP contribution in [0.1, 0.15) is 0 Å². The zero-order valence-corrected chi connectivity index (χ0v) is 19.2. The summed E-state index contributed by atoms with van der Waals surface area (Å²) < 4.78 is 0. The highest BCUT2D eigenvalue weighted by atomic mass is 15.1. The van der Waals surface area contributed by atoms with Gasteiger partial charge in [0.05, 0.1) is 5.69 Å². The Morgan fingerprint density at radius 2 is 0.886 bits per heavy atom. The van der Waals surface area contributed by atoms with Gasteiger partial charge in [0, 0.05) is 16.8 Å². The molecule has 164 valence electrons. The molecular formula is C34H23N. The van der Waals surface area contributed by atoms with Crippen LogP contribution in [-0.2, 0) is 0 Å². The molecule has 0 aliphatic rings. The van der Waals surface area contributed by atoms with Crippen molar-refractivity contribution < 1.29 is 0 Å². The molecule has 0 aromatic heterocycles. The third-order valence-electron chi connectivity index (χ3n) is 6.95. The Bertz CT molecular complexity index is 1850. The number of rotatable bonds is 3. The molecule has 7 aromatic carbocycles. The lowest BCUT2D eigenvalue weighted by Crippen LogP contribution is -2.10. The summed E-state index contributed by atoms with van der Waals surface area (Å²) in [4.78, 5) is 2.40. The van der Waals surface area contributed by atoms with Crippen molar-refractivity contribution in [2.75, 3.05) is 4.90 Å². The first-order valence-electron chi connectivity index (χ1n) is 12.0. The third-order valence-corrected chi connectivity index (χ3v) is 6.95. The van der Waals surface area contributed by atoms with Crippen molar-refractivity contribution in [2.45, 2.75) is 0 Å². The van der Waals surface area contributed by atoms with Crippen LogP contribution in [0.5, 0.6) is 0 Å². The van der Waals surface area contributed by atoms with E-state index in [4.69, 9.17) is 0 Å². The second-order valence-corrected chi connectivity index (χ2v) is 9.06. The van der Waals surface area contributed by atoms with E-state index in [2.05, 4.69) is 144 Å². The van der Waals surface area contributed by atoms with E-state index in [0.29, 0.717) is 0 Å². The molecule has 0 saturated heterocycles. The van der Waals surface area contributed by atoms with E-state index in [-0.39, 0.29) is 0 Å². The predicted octanol–water partition coefficient (Wildman–Crippen LogP) is 9.77. The molecular weight excluding hydrogens is 422 g/mol. The van der Waals surface area contributed by atoms with Crippen LogP contribution in [0.3, 0.4) is 0 Å². The van der Waals surface area contributed by atoms with Gasteiger partial charge in [0.1, 0.15) is 0 Å². The second-order valence-electron chi connectivity index (χ2n) is 9.06. The summed E-state index contributed by atoms with van der Waals surface area (Å²) in [6.45, 7) is 0. The second kappa shape index (κ2) is 8.00. The van der Waals surface area contributed by atoms with Gasteiger partial charge in [-0.2, -0.15) is 0 Å². The SMILES string of the molecule is c1ccc(N(c2ccc3ccccc3c2)c2cc3ccccc3c3cc4ccccc4cc23)cc1. The third kappa shape index (κ3) is 3.33. The van der Waals surface area contributed by atoms with E-state index in [1.54, 1.807) is 0 Å². The molecule has 7 aromatic rings. The fourth-order valence-electron chi connectivity index (χ4n) is 5.27. The molecule has 1 heteroatoms. The lowest BCUT2D eigenvalue weighted by Gasteiger charge is -2.28. The van der Waals surface area contributed by atoms with Gasteiger partial charge in [-0.15, -0.1) is 0 Å². The first-order chi connectivity index (χ1) is 17.3. The summed E-state index contributed by atoms with van der Waals surface area (Å²) in [5.41, 5.74) is 3.48. The normalized spacial score (nSPS) is 11.4. The van der Waals surface area contributed by atoms with Crippen LogP contribution in [0, 0.1) is 0 Å². The minimum Gasteiger partial charge on any atom is -0.310 e. The standard InChI is InChI=1S/C34H23N/c1-2-15-29(16-3-1)35(30-19-18-24-10-4-5-11-25(24)20-30)34-23-28-14-8-9-17-31(28)32-21-26-12-6-7-13-27(26)22-33(32)34/h1-23H. The van der Waals surface area contributed by atoms with E-state index in [0.717, 1.165) is 11.4 Å². The average Bonchev–Trinajstić information content (AvgIpc) is 2.93. The molecule has 0 aliphatic carbocycles. The number of hydrogen-bond acceptors (Lipinski definition) is 1. The lowest BCUT2D eigenvalue weighted by atomic mass is 9.95. The smallest absolute Gasteiger partial charge is 0.0546 e. The van der Waals surface area contributed by atoms with Crippen LogP contribution in [0.15, 0.2) is 140 Å². The van der Waals surface area contributed by atoms with Gasteiger partial charge in [0.15, 0.2) is 0 Å².